The fourth-order valence-corrected chi connectivity index (χ4v) is 11.6. The molecule has 2 aliphatic rings. The summed E-state index contributed by atoms with van der Waals surface area (Å²) in [4.78, 5) is 168. The van der Waals surface area contributed by atoms with E-state index in [1.165, 1.54) is 41.7 Å². The molecule has 0 unspecified atom stereocenters. The number of aliphatic hydroxyl groups excluding tert-OH is 1. The van der Waals surface area contributed by atoms with Gasteiger partial charge in [0, 0.05) is 85.6 Å². The Morgan fingerprint density at radius 3 is 1.72 bits per heavy atom. The number of phenols is 1. The number of guanidine groups is 1. The van der Waals surface area contributed by atoms with Gasteiger partial charge >= 0.3 is 0 Å². The van der Waals surface area contributed by atoms with E-state index in [1.807, 2.05) is 0 Å². The van der Waals surface area contributed by atoms with Crippen LogP contribution in [-0.2, 0) is 78.4 Å². The van der Waals surface area contributed by atoms with Gasteiger partial charge in [-0.25, -0.2) is 4.98 Å². The number of aliphatic hydroxyl groups is 1. The van der Waals surface area contributed by atoms with Crippen LogP contribution >= 0.6 is 0 Å². The summed E-state index contributed by atoms with van der Waals surface area (Å²) in [5.74, 6) is -9.20. The van der Waals surface area contributed by atoms with Gasteiger partial charge in [-0.3, -0.25) is 58.1 Å². The molecule has 8 rings (SSSR count). The molecule has 506 valence electrons. The van der Waals surface area contributed by atoms with Crippen molar-refractivity contribution in [2.24, 2.45) is 17.4 Å². The molecule has 2 aliphatic heterocycles. The molecule has 5 heterocycles. The van der Waals surface area contributed by atoms with Crippen molar-refractivity contribution < 1.29 is 63.0 Å². The zero-order chi connectivity index (χ0) is 68.3. The van der Waals surface area contributed by atoms with Crippen LogP contribution < -0.4 is 64.6 Å². The number of para-hydroxylation sites is 2. The van der Waals surface area contributed by atoms with Gasteiger partial charge in [-0.2, -0.15) is 0 Å². The molecule has 0 saturated carbocycles. The normalized spacial score (nSPS) is 16.6. The van der Waals surface area contributed by atoms with Gasteiger partial charge in [-0.15, -0.1) is 0 Å². The minimum absolute atomic E-state index is 0.00565. The first-order valence-electron chi connectivity index (χ1n) is 31.4. The van der Waals surface area contributed by atoms with Crippen LogP contribution in [0.1, 0.15) is 81.2 Å². The zero-order valence-corrected chi connectivity index (χ0v) is 52.6. The smallest absolute Gasteiger partial charge is 0.245 e. The van der Waals surface area contributed by atoms with Crippen molar-refractivity contribution in [3.05, 3.63) is 120 Å². The summed E-state index contributed by atoms with van der Waals surface area (Å²) in [6.07, 6.45) is 6.55. The van der Waals surface area contributed by atoms with Crippen LogP contribution in [0.3, 0.4) is 0 Å². The van der Waals surface area contributed by atoms with E-state index in [4.69, 9.17) is 16.9 Å². The predicted molar refractivity (Wildman–Crippen MR) is 345 cm³/mol. The topological polar surface area (TPSA) is 488 Å². The van der Waals surface area contributed by atoms with Crippen LogP contribution in [0.4, 0.5) is 0 Å². The fraction of sp³-hybridized carbons (Fsp3) is 0.422. The number of hydrogen-bond acceptors (Lipinski definition) is 15. The number of nitrogens with one attached hydrogen (secondary N) is 14. The van der Waals surface area contributed by atoms with E-state index in [0.29, 0.717) is 50.6 Å². The number of benzene rings is 3. The number of carbonyl (C=O) groups is 11. The van der Waals surface area contributed by atoms with Gasteiger partial charge in [0.05, 0.1) is 25.2 Å². The lowest BCUT2D eigenvalue weighted by atomic mass is 9.99. The lowest BCUT2D eigenvalue weighted by Crippen LogP contribution is -2.61. The average molecular weight is 1310 g/mol. The molecule has 11 amide bonds. The molecule has 9 atom stereocenters. The molecule has 6 aromatic rings. The second-order valence-corrected chi connectivity index (χ2v) is 24.0. The first-order valence-corrected chi connectivity index (χ1v) is 31.4. The zero-order valence-electron chi connectivity index (χ0n) is 52.6. The fourth-order valence-electron chi connectivity index (χ4n) is 11.6. The van der Waals surface area contributed by atoms with Gasteiger partial charge in [0.25, 0.3) is 0 Å². The number of aromatic amines is 3. The monoisotopic (exact) mass is 1310 g/mol. The Bertz CT molecular complexity index is 3740. The summed E-state index contributed by atoms with van der Waals surface area (Å²) in [7, 11) is 0. The van der Waals surface area contributed by atoms with Crippen molar-refractivity contribution in [3.63, 3.8) is 0 Å². The van der Waals surface area contributed by atoms with Gasteiger partial charge < -0.3 is 94.7 Å². The number of aromatic nitrogens is 4. The highest BCUT2D eigenvalue weighted by Gasteiger charge is 2.40. The number of nitrogens with zero attached hydrogens (tertiary/aromatic N) is 2. The second-order valence-electron chi connectivity index (χ2n) is 24.0. The Hall–Kier alpha value is -10.8. The standard InChI is InChI=1S/C64H82N18O13/c1-34(2)23-46(56(88)75-45(13-7-21-69-64(66)67)63(95)82-22-8-14-52(82)62(94)72-31-53(65)85)76-58(90)48(25-36-28-70-42-11-5-3-9-40(36)42)78-57(89)47(24-35-15-17-39(84)18-16-35)77-61(93)51(32-83)81-59(91)49(26-37-29-71-43-12-6-4-10-41(37)43)79-60(92)50(27-38-30-68-33-73-38)80-55(87)44-19-20-54(86)74-44/h3-6,9-12,15-18,28-30,33-34,44-52,70-71,83-84H,7-8,13-14,19-27,31-32H2,1-2H3,(H2,65,85)(H,68,73)(H,72,94)(H,74,86)(H,75,88)(H,76,90)(H,77,93)(H,78,89)(H,79,92)(H,80,87)(H,81,91)(H4,66,67,69)/t44-,45+,46+,47-,48-,49-,50+,51-,52-/m0/s1. The van der Waals surface area contributed by atoms with Crippen molar-refractivity contribution >= 4 is 92.7 Å². The first-order chi connectivity index (χ1) is 45.5. The number of carbonyl (C=O) groups excluding carboxylic acids is 11. The average Bonchev–Trinajstić information content (AvgIpc) is 1.81. The largest absolute Gasteiger partial charge is 0.508 e. The molecule has 0 aliphatic carbocycles. The number of likely N-dealkylation sites (tertiary alicyclic amines) is 1. The number of amides is 11. The number of primary amides is 1. The van der Waals surface area contributed by atoms with E-state index < -0.39 is 127 Å². The molecular weight excluding hydrogens is 1230 g/mol. The van der Waals surface area contributed by atoms with Crippen LogP contribution in [0.25, 0.3) is 21.8 Å². The number of aromatic hydroxyl groups is 1. The highest BCUT2D eigenvalue weighted by atomic mass is 16.3. The van der Waals surface area contributed by atoms with Gasteiger partial charge in [0.1, 0.15) is 60.1 Å². The van der Waals surface area contributed by atoms with Crippen molar-refractivity contribution in [1.82, 2.24) is 78.0 Å². The van der Waals surface area contributed by atoms with Gasteiger partial charge in [0.15, 0.2) is 5.96 Å². The number of nitrogens with two attached hydrogens (primary N) is 2. The summed E-state index contributed by atoms with van der Waals surface area (Å²) >= 11 is 0. The molecule has 0 radical (unpaired) electrons. The van der Waals surface area contributed by atoms with E-state index in [2.05, 4.69) is 73.1 Å². The third-order valence-electron chi connectivity index (χ3n) is 16.4. The summed E-state index contributed by atoms with van der Waals surface area (Å²) < 4.78 is 0. The maximum Gasteiger partial charge on any atom is 0.245 e. The van der Waals surface area contributed by atoms with Crippen molar-refractivity contribution in [1.29, 1.82) is 5.41 Å². The van der Waals surface area contributed by atoms with Crippen LogP contribution in [0, 0.1) is 11.3 Å². The van der Waals surface area contributed by atoms with E-state index in [1.54, 1.807) is 74.8 Å². The van der Waals surface area contributed by atoms with E-state index in [9.17, 15) is 53.4 Å². The molecule has 0 bridgehead atoms. The minimum atomic E-state index is -1.80. The maximum absolute atomic E-state index is 15.1. The summed E-state index contributed by atoms with van der Waals surface area (Å²) in [6.45, 7) is 2.38. The molecule has 31 nitrogen and oxygen atoms in total. The Kier molecular flexibility index (Phi) is 24.4. The Labute approximate surface area is 545 Å². The maximum atomic E-state index is 15.1. The van der Waals surface area contributed by atoms with Crippen LogP contribution in [0.15, 0.2) is 97.7 Å². The highest BCUT2D eigenvalue weighted by molar-refractivity contribution is 6.00. The number of hydrogen-bond donors (Lipinski definition) is 18. The van der Waals surface area contributed by atoms with Crippen molar-refractivity contribution in [2.45, 2.75) is 139 Å². The van der Waals surface area contributed by atoms with Gasteiger partial charge in [-0.1, -0.05) is 62.4 Å². The molecule has 2 saturated heterocycles. The Balaban J connectivity index is 1.05. The van der Waals surface area contributed by atoms with Crippen molar-refractivity contribution in [2.75, 3.05) is 26.2 Å². The molecule has 3 aromatic heterocycles. The lowest BCUT2D eigenvalue weighted by Gasteiger charge is -2.30. The second kappa shape index (κ2) is 33.1. The van der Waals surface area contributed by atoms with Gasteiger partial charge in [-0.05, 0) is 85.4 Å². The van der Waals surface area contributed by atoms with E-state index in [-0.39, 0.29) is 101 Å². The SMILES string of the molecule is CC(C)C[C@@H](NC(=O)[C@H](Cc1c[nH]c2ccccc12)NC(=O)[C@H](Cc1ccc(O)cc1)NC(=O)[C@H](CO)NC(=O)[C@H](Cc1c[nH]c2ccccc12)NC(=O)[C@@H](Cc1c[nH]cn1)NC(=O)[C@@H]1CCC(=O)N1)C(=O)N[C@H](CCCNC(=N)N)C(=O)N1CCC[C@H]1C(=O)NCC(N)=O. The number of imidazole rings is 1. The number of fused-ring (bicyclic) bond motifs is 2. The molecule has 31 heteroatoms. The highest BCUT2D eigenvalue weighted by Crippen LogP contribution is 2.24. The summed E-state index contributed by atoms with van der Waals surface area (Å²) in [5.41, 5.74) is 14.1. The lowest BCUT2D eigenvalue weighted by molar-refractivity contribution is -0.142. The quantitative estimate of drug-likeness (QED) is 0.0119. The molecular formula is C64H82N18O13. The predicted octanol–water partition coefficient (Wildman–Crippen LogP) is -2.09. The van der Waals surface area contributed by atoms with E-state index >= 15 is 9.59 Å². The summed E-state index contributed by atoms with van der Waals surface area (Å²) in [5, 5.41) is 56.8. The van der Waals surface area contributed by atoms with Crippen LogP contribution in [0.5, 0.6) is 5.75 Å². The van der Waals surface area contributed by atoms with Gasteiger partial charge in [0.2, 0.25) is 65.0 Å². The Morgan fingerprint density at radius 2 is 1.18 bits per heavy atom. The molecule has 3 aromatic carbocycles. The number of rotatable bonds is 33. The first kappa shape index (κ1) is 70.0. The third kappa shape index (κ3) is 19.6. The molecule has 20 N–H and O–H groups in total. The number of H-pyrrole nitrogens is 3. The third-order valence-corrected chi connectivity index (χ3v) is 16.4. The van der Waals surface area contributed by atoms with Crippen LogP contribution in [0.2, 0.25) is 0 Å². The number of phenolic OH excluding ortho intramolecular Hbond substituents is 1. The Morgan fingerprint density at radius 1 is 0.642 bits per heavy atom. The van der Waals surface area contributed by atoms with Crippen LogP contribution in [-0.4, -0.2) is 187 Å². The molecule has 95 heavy (non-hydrogen) atoms. The molecule has 2 fully saturated rings. The minimum Gasteiger partial charge on any atom is -0.508 e. The van der Waals surface area contributed by atoms with E-state index in [0.717, 1.165) is 0 Å². The molecule has 0 spiro atoms. The summed E-state index contributed by atoms with van der Waals surface area (Å²) in [6, 6.07) is 7.74. The van der Waals surface area contributed by atoms with Crippen molar-refractivity contribution in [3.8, 4) is 5.75 Å².